The van der Waals surface area contributed by atoms with Crippen LogP contribution in [0.1, 0.15) is 54.2 Å². The Hall–Kier alpha value is -2.38. The number of nitrogens with zero attached hydrogens (tertiary/aromatic N) is 3. The lowest BCUT2D eigenvalue weighted by Gasteiger charge is -2.35. The highest BCUT2D eigenvalue weighted by atomic mass is 35.5. The van der Waals surface area contributed by atoms with Gasteiger partial charge in [0.2, 0.25) is 5.96 Å². The molecule has 0 bridgehead atoms. The first-order chi connectivity index (χ1) is 14.9. The van der Waals surface area contributed by atoms with Crippen molar-refractivity contribution in [3.8, 4) is 0 Å². The van der Waals surface area contributed by atoms with Crippen LogP contribution in [0.3, 0.4) is 0 Å². The molecule has 5 N–H and O–H groups in total. The van der Waals surface area contributed by atoms with E-state index in [1.807, 2.05) is 36.4 Å². The molecular weight excluding hydrogens is 479 g/mol. The number of hydrogen-bond acceptors (Lipinski definition) is 4. The lowest BCUT2D eigenvalue weighted by molar-refractivity contribution is 0.226. The fraction of sp³-hybridized carbons (Fsp3) is 0.292. The zero-order valence-corrected chi connectivity index (χ0v) is 20.8. The van der Waals surface area contributed by atoms with E-state index in [2.05, 4.69) is 25.1 Å². The smallest absolute Gasteiger partial charge is 0.203 e. The summed E-state index contributed by atoms with van der Waals surface area (Å²) in [6.07, 6.45) is 7.73. The van der Waals surface area contributed by atoms with Gasteiger partial charge in [-0.3, -0.25) is 10.4 Å². The average molecular weight is 508 g/mol. The third-order valence-electron chi connectivity index (χ3n) is 5.90. The van der Waals surface area contributed by atoms with Crippen molar-refractivity contribution in [2.75, 3.05) is 0 Å². The van der Waals surface area contributed by atoms with Gasteiger partial charge in [-0.2, -0.15) is 0 Å². The van der Waals surface area contributed by atoms with Gasteiger partial charge in [-0.05, 0) is 62.1 Å². The summed E-state index contributed by atoms with van der Waals surface area (Å²) in [5.74, 6) is 6.87. The van der Waals surface area contributed by atoms with Gasteiger partial charge in [0.15, 0.2) is 5.82 Å². The van der Waals surface area contributed by atoms with Crippen LogP contribution in [0, 0.1) is 12.3 Å². The quantitative estimate of drug-likeness (QED) is 0.182. The number of benzene rings is 2. The number of guanidine groups is 1. The predicted octanol–water partition coefficient (Wildman–Crippen LogP) is 5.70. The van der Waals surface area contributed by atoms with E-state index >= 15 is 0 Å². The molecular formula is C24H29Cl3N6. The van der Waals surface area contributed by atoms with Gasteiger partial charge in [0.1, 0.15) is 0 Å². The maximum absolute atomic E-state index is 7.69. The Morgan fingerprint density at radius 3 is 2.52 bits per heavy atom. The summed E-state index contributed by atoms with van der Waals surface area (Å²) in [4.78, 5) is 9.74. The molecule has 2 aromatic carbocycles. The Morgan fingerprint density at radius 1 is 1.09 bits per heavy atom. The number of nitrogens with one attached hydrogen (secondary N) is 1. The summed E-state index contributed by atoms with van der Waals surface area (Å²) in [5.41, 5.74) is 9.83. The van der Waals surface area contributed by atoms with E-state index in [0.29, 0.717) is 10.8 Å². The van der Waals surface area contributed by atoms with Gasteiger partial charge < -0.3 is 5.73 Å². The van der Waals surface area contributed by atoms with Crippen LogP contribution in [0.2, 0.25) is 5.02 Å². The molecule has 4 rings (SSSR count). The normalized spacial score (nSPS) is 17.9. The highest BCUT2D eigenvalue weighted by molar-refractivity contribution is 6.30. The minimum absolute atomic E-state index is 0. The molecule has 1 fully saturated rings. The van der Waals surface area contributed by atoms with Crippen LogP contribution in [0.5, 0.6) is 0 Å². The van der Waals surface area contributed by atoms with Crippen molar-refractivity contribution in [1.29, 1.82) is 5.41 Å². The van der Waals surface area contributed by atoms with Crippen LogP contribution in [-0.4, -0.2) is 27.0 Å². The number of rotatable bonds is 4. The highest BCUT2D eigenvalue weighted by Crippen LogP contribution is 2.36. The van der Waals surface area contributed by atoms with E-state index in [-0.39, 0.29) is 42.7 Å². The number of aromatic nitrogens is 2. The minimum Gasteiger partial charge on any atom is -0.369 e. The lowest BCUT2D eigenvalue weighted by atomic mass is 9.82. The zero-order chi connectivity index (χ0) is 22.0. The molecule has 0 aliphatic heterocycles. The second-order valence-corrected chi connectivity index (χ2v) is 8.62. The van der Waals surface area contributed by atoms with Crippen LogP contribution in [0.4, 0.5) is 0 Å². The Kier molecular flexibility index (Phi) is 9.49. The molecule has 1 aliphatic rings. The fourth-order valence-corrected chi connectivity index (χ4v) is 4.40. The molecule has 0 unspecified atom stereocenters. The van der Waals surface area contributed by atoms with Crippen LogP contribution in [-0.2, 0) is 0 Å². The van der Waals surface area contributed by atoms with Crippen molar-refractivity contribution >= 4 is 65.4 Å². The molecule has 1 saturated carbocycles. The van der Waals surface area contributed by atoms with Crippen molar-refractivity contribution in [3.05, 3.63) is 70.1 Å². The number of hydrogen-bond donors (Lipinski definition) is 3. The van der Waals surface area contributed by atoms with Crippen LogP contribution < -0.4 is 11.6 Å². The molecule has 1 aromatic heterocycles. The Balaban J connectivity index is 0.00000193. The first-order valence-electron chi connectivity index (χ1n) is 10.5. The summed E-state index contributed by atoms with van der Waals surface area (Å²) < 4.78 is 0. The second-order valence-electron chi connectivity index (χ2n) is 8.18. The van der Waals surface area contributed by atoms with Gasteiger partial charge >= 0.3 is 0 Å². The van der Waals surface area contributed by atoms with E-state index in [9.17, 15) is 0 Å². The standard InChI is InChI=1S/C24H27ClN6.2ClH/c1-15-5-11-21-20(13-15)23(17-3-2-4-19(14-17)31(28)24(26)27)30-22(29-21)12-8-16-6-9-18(25)10-7-16;;/h5-13,17,19H,2-4,14,28H2,1H3,(H3,26,27);2*1H/t17-,19-;;/m0../s1. The van der Waals surface area contributed by atoms with Crippen LogP contribution in [0.25, 0.3) is 23.1 Å². The van der Waals surface area contributed by atoms with Crippen molar-refractivity contribution in [2.45, 2.75) is 44.6 Å². The number of nitrogens with two attached hydrogens (primary N) is 2. The first-order valence-corrected chi connectivity index (χ1v) is 10.9. The molecule has 176 valence electrons. The summed E-state index contributed by atoms with van der Waals surface area (Å²) >= 11 is 5.98. The summed E-state index contributed by atoms with van der Waals surface area (Å²) in [7, 11) is 0. The van der Waals surface area contributed by atoms with Gasteiger partial charge in [-0.25, -0.2) is 15.8 Å². The van der Waals surface area contributed by atoms with E-state index in [1.165, 1.54) is 10.6 Å². The van der Waals surface area contributed by atoms with Gasteiger partial charge in [-0.1, -0.05) is 47.9 Å². The molecule has 6 nitrogen and oxygen atoms in total. The summed E-state index contributed by atoms with van der Waals surface area (Å²) in [6.45, 7) is 2.08. The SMILES string of the molecule is Cc1ccc2nc(C=Cc3ccc(Cl)cc3)nc([C@H]3CCC[C@H](N(N)C(=N)N)C3)c2c1.Cl.Cl. The molecule has 0 radical (unpaired) electrons. The molecule has 0 spiro atoms. The summed E-state index contributed by atoms with van der Waals surface area (Å²) in [5, 5.41) is 10.9. The molecule has 1 heterocycles. The van der Waals surface area contributed by atoms with Gasteiger partial charge in [0.25, 0.3) is 0 Å². The van der Waals surface area contributed by atoms with E-state index < -0.39 is 0 Å². The lowest BCUT2D eigenvalue weighted by Crippen LogP contribution is -2.50. The first kappa shape index (κ1) is 26.9. The van der Waals surface area contributed by atoms with Crippen molar-refractivity contribution in [1.82, 2.24) is 15.0 Å². The molecule has 9 heteroatoms. The highest BCUT2D eigenvalue weighted by Gasteiger charge is 2.29. The average Bonchev–Trinajstić information content (AvgIpc) is 2.77. The molecule has 3 aromatic rings. The van der Waals surface area contributed by atoms with Crippen molar-refractivity contribution < 1.29 is 0 Å². The van der Waals surface area contributed by atoms with Crippen molar-refractivity contribution in [3.63, 3.8) is 0 Å². The minimum atomic E-state index is -0.0966. The van der Waals surface area contributed by atoms with E-state index in [4.69, 9.17) is 38.6 Å². The van der Waals surface area contributed by atoms with E-state index in [1.54, 1.807) is 0 Å². The number of hydrazine groups is 1. The fourth-order valence-electron chi connectivity index (χ4n) is 4.28. The van der Waals surface area contributed by atoms with Gasteiger partial charge in [0.05, 0.1) is 11.2 Å². The number of aryl methyl sites for hydroxylation is 1. The third-order valence-corrected chi connectivity index (χ3v) is 6.15. The Labute approximate surface area is 211 Å². The van der Waals surface area contributed by atoms with Gasteiger partial charge in [-0.15, -0.1) is 24.8 Å². The molecule has 0 saturated heterocycles. The Morgan fingerprint density at radius 2 is 1.82 bits per heavy atom. The number of fused-ring (bicyclic) bond motifs is 1. The van der Waals surface area contributed by atoms with Crippen LogP contribution >= 0.6 is 36.4 Å². The molecule has 2 atom stereocenters. The second kappa shape index (κ2) is 11.7. The topological polar surface area (TPSA) is 105 Å². The monoisotopic (exact) mass is 506 g/mol. The third kappa shape index (κ3) is 6.36. The maximum Gasteiger partial charge on any atom is 0.203 e. The molecule has 1 aliphatic carbocycles. The van der Waals surface area contributed by atoms with Crippen LogP contribution in [0.15, 0.2) is 42.5 Å². The van der Waals surface area contributed by atoms with E-state index in [0.717, 1.165) is 47.8 Å². The number of halogens is 3. The molecule has 33 heavy (non-hydrogen) atoms. The van der Waals surface area contributed by atoms with Crippen molar-refractivity contribution in [2.24, 2.45) is 11.6 Å². The maximum atomic E-state index is 7.69. The largest absolute Gasteiger partial charge is 0.369 e. The van der Waals surface area contributed by atoms with Gasteiger partial charge in [0, 0.05) is 22.4 Å². The zero-order valence-electron chi connectivity index (χ0n) is 18.4. The Bertz CT molecular complexity index is 1130. The molecule has 0 amide bonds. The summed E-state index contributed by atoms with van der Waals surface area (Å²) in [6, 6.07) is 14.0. The predicted molar refractivity (Wildman–Crippen MR) is 142 cm³/mol.